The molecule has 7 rings (SSSR count). The number of thiazole rings is 1. The van der Waals surface area contributed by atoms with E-state index in [0.717, 1.165) is 38.1 Å². The molecule has 0 saturated heterocycles. The number of hydrogen-bond donors (Lipinski definition) is 1. The van der Waals surface area contributed by atoms with E-state index in [1.165, 1.54) is 16.2 Å². The zero-order chi connectivity index (χ0) is 28.8. The minimum atomic E-state index is -0.317. The number of amides is 2. The first kappa shape index (κ1) is 26.3. The minimum absolute atomic E-state index is 0.0982. The monoisotopic (exact) mass is 592 g/mol. The first-order valence-corrected chi connectivity index (χ1v) is 15.0. The summed E-state index contributed by atoms with van der Waals surface area (Å²) in [6, 6.07) is 24.0. The molecule has 4 heterocycles. The molecule has 8 nitrogen and oxygen atoms in total. The van der Waals surface area contributed by atoms with Crippen LogP contribution in [-0.4, -0.2) is 34.7 Å². The third-order valence-electron chi connectivity index (χ3n) is 7.49. The topological polar surface area (TPSA) is 95.3 Å². The molecule has 1 unspecified atom stereocenters. The van der Waals surface area contributed by atoms with Gasteiger partial charge in [0.1, 0.15) is 5.75 Å². The van der Waals surface area contributed by atoms with Crippen LogP contribution in [0.1, 0.15) is 49.2 Å². The number of fused-ring (bicyclic) bond motifs is 1. The van der Waals surface area contributed by atoms with E-state index < -0.39 is 0 Å². The Morgan fingerprint density at radius 1 is 0.952 bits per heavy atom. The van der Waals surface area contributed by atoms with Gasteiger partial charge in [-0.15, -0.1) is 22.7 Å². The summed E-state index contributed by atoms with van der Waals surface area (Å²) < 4.78 is 5.54. The normalized spacial score (nSPS) is 16.2. The molecule has 1 atom stereocenters. The van der Waals surface area contributed by atoms with Crippen molar-refractivity contribution >= 4 is 51.0 Å². The Morgan fingerprint density at radius 2 is 1.71 bits per heavy atom. The van der Waals surface area contributed by atoms with Crippen molar-refractivity contribution in [2.75, 3.05) is 17.0 Å². The van der Waals surface area contributed by atoms with Crippen molar-refractivity contribution < 1.29 is 19.4 Å². The van der Waals surface area contributed by atoms with E-state index in [-0.39, 0.29) is 24.5 Å². The molecule has 2 aromatic heterocycles. The number of imide groups is 1. The highest BCUT2D eigenvalue weighted by atomic mass is 32.1. The van der Waals surface area contributed by atoms with Gasteiger partial charge in [-0.05, 0) is 47.3 Å². The molecule has 3 aromatic carbocycles. The van der Waals surface area contributed by atoms with Crippen LogP contribution in [-0.2, 0) is 6.61 Å². The van der Waals surface area contributed by atoms with E-state index in [0.29, 0.717) is 29.0 Å². The van der Waals surface area contributed by atoms with Gasteiger partial charge in [-0.25, -0.2) is 14.9 Å². The van der Waals surface area contributed by atoms with Crippen LogP contribution < -0.4 is 14.6 Å². The number of carbonyl (C=O) groups excluding carboxylic acids is 2. The maximum absolute atomic E-state index is 12.9. The second-order valence-corrected chi connectivity index (χ2v) is 11.7. The smallest absolute Gasteiger partial charge is 0.266 e. The van der Waals surface area contributed by atoms with Gasteiger partial charge in [0.25, 0.3) is 11.8 Å². The summed E-state index contributed by atoms with van der Waals surface area (Å²) in [6.07, 6.45) is 0.700. The van der Waals surface area contributed by atoms with Gasteiger partial charge in [-0.1, -0.05) is 42.5 Å². The molecule has 0 bridgehead atoms. The Hall–Kier alpha value is -4.64. The maximum Gasteiger partial charge on any atom is 0.266 e. The molecule has 0 saturated carbocycles. The fourth-order valence-corrected chi connectivity index (χ4v) is 6.90. The number of rotatable bonds is 7. The summed E-state index contributed by atoms with van der Waals surface area (Å²) in [7, 11) is 1.60. The quantitative estimate of drug-likeness (QED) is 0.216. The second-order valence-electron chi connectivity index (χ2n) is 9.87. The van der Waals surface area contributed by atoms with Crippen molar-refractivity contribution in [3.63, 3.8) is 0 Å². The van der Waals surface area contributed by atoms with E-state index in [4.69, 9.17) is 14.8 Å². The van der Waals surface area contributed by atoms with E-state index in [1.807, 2.05) is 52.2 Å². The molecule has 0 aliphatic carbocycles. The minimum Gasteiger partial charge on any atom is -0.496 e. The van der Waals surface area contributed by atoms with Crippen LogP contribution in [0.25, 0.3) is 11.3 Å². The molecule has 0 fully saturated rings. The Bertz CT molecular complexity index is 1810. The number of ether oxygens (including phenoxy) is 1. The molecule has 2 aliphatic rings. The first-order valence-electron chi connectivity index (χ1n) is 13.3. The number of carbonyl (C=O) groups is 2. The summed E-state index contributed by atoms with van der Waals surface area (Å²) in [5.74, 6) is 0.00218. The average Bonchev–Trinajstić information content (AvgIpc) is 3.84. The van der Waals surface area contributed by atoms with Crippen molar-refractivity contribution in [2.24, 2.45) is 5.10 Å². The molecule has 0 radical (unpaired) electrons. The largest absolute Gasteiger partial charge is 0.496 e. The number of methoxy groups -OCH3 is 1. The Kier molecular flexibility index (Phi) is 6.66. The fraction of sp³-hybridized carbons (Fsp3) is 0.125. The summed E-state index contributed by atoms with van der Waals surface area (Å²) in [6.45, 7) is -0.101. The zero-order valence-corrected chi connectivity index (χ0v) is 24.1. The highest BCUT2D eigenvalue weighted by Crippen LogP contribution is 2.41. The van der Waals surface area contributed by atoms with Gasteiger partial charge in [0.2, 0.25) is 5.13 Å². The molecule has 208 valence electrons. The van der Waals surface area contributed by atoms with Crippen LogP contribution in [0, 0.1) is 0 Å². The standard InChI is InChI=1S/C32H24N4O4S2/c1-40-28-15-20(8-9-21(28)17-37)27-16-25(29-7-4-14-41-29)34-36(27)32-33-26(18-42-32)19-10-12-22(13-11-19)35-30(38)23-5-2-3-6-24(23)31(35)39/h2-15,18,27,37H,16-17H2,1H3. The number of nitrogens with zero attached hydrogens (tertiary/aromatic N) is 4. The lowest BCUT2D eigenvalue weighted by Gasteiger charge is -2.22. The highest BCUT2D eigenvalue weighted by molar-refractivity contribution is 7.14. The predicted octanol–water partition coefficient (Wildman–Crippen LogP) is 6.53. The van der Waals surface area contributed by atoms with Gasteiger partial charge in [0.15, 0.2) is 0 Å². The van der Waals surface area contributed by atoms with Gasteiger partial charge in [-0.2, -0.15) is 5.10 Å². The number of aliphatic hydroxyl groups is 1. The Labute approximate surface area is 249 Å². The Balaban J connectivity index is 1.18. The lowest BCUT2D eigenvalue weighted by atomic mass is 9.99. The Morgan fingerprint density at radius 3 is 2.38 bits per heavy atom. The molecule has 5 aromatic rings. The van der Waals surface area contributed by atoms with Gasteiger partial charge in [0, 0.05) is 22.9 Å². The lowest BCUT2D eigenvalue weighted by Crippen LogP contribution is -2.29. The summed E-state index contributed by atoms with van der Waals surface area (Å²) in [5.41, 5.74) is 5.73. The predicted molar refractivity (Wildman–Crippen MR) is 165 cm³/mol. The van der Waals surface area contributed by atoms with Crippen molar-refractivity contribution in [1.29, 1.82) is 0 Å². The molecule has 10 heteroatoms. The van der Waals surface area contributed by atoms with Crippen molar-refractivity contribution in [3.05, 3.63) is 117 Å². The van der Waals surface area contributed by atoms with Crippen LogP contribution in [0.4, 0.5) is 10.8 Å². The third-order valence-corrected chi connectivity index (χ3v) is 9.23. The van der Waals surface area contributed by atoms with Crippen LogP contribution in [0.3, 0.4) is 0 Å². The van der Waals surface area contributed by atoms with Gasteiger partial charge in [0.05, 0.1) is 52.9 Å². The number of aliphatic hydroxyl groups excluding tert-OH is 1. The van der Waals surface area contributed by atoms with Crippen LogP contribution in [0.5, 0.6) is 5.75 Å². The molecular weight excluding hydrogens is 569 g/mol. The van der Waals surface area contributed by atoms with Crippen LogP contribution >= 0.6 is 22.7 Å². The average molecular weight is 593 g/mol. The van der Waals surface area contributed by atoms with E-state index in [9.17, 15) is 14.7 Å². The van der Waals surface area contributed by atoms with E-state index in [2.05, 4.69) is 6.07 Å². The summed E-state index contributed by atoms with van der Waals surface area (Å²) in [5, 5.41) is 21.4. The molecule has 2 aliphatic heterocycles. The number of hydrazone groups is 1. The van der Waals surface area contributed by atoms with E-state index in [1.54, 1.807) is 54.8 Å². The summed E-state index contributed by atoms with van der Waals surface area (Å²) in [4.78, 5) is 33.1. The van der Waals surface area contributed by atoms with Crippen LogP contribution in [0.15, 0.2) is 94.7 Å². The first-order chi connectivity index (χ1) is 20.6. The molecule has 42 heavy (non-hydrogen) atoms. The summed E-state index contributed by atoms with van der Waals surface area (Å²) >= 11 is 3.15. The van der Waals surface area contributed by atoms with Crippen molar-refractivity contribution in [1.82, 2.24) is 4.98 Å². The molecule has 1 N–H and O–H groups in total. The SMILES string of the molecule is COc1cc(C2CC(c3cccs3)=NN2c2nc(-c3ccc(N4C(=O)c5ccccc5C4=O)cc3)cs2)ccc1CO. The second kappa shape index (κ2) is 10.6. The molecule has 2 amide bonds. The fourth-order valence-electron chi connectivity index (χ4n) is 5.34. The van der Waals surface area contributed by atoms with E-state index >= 15 is 0 Å². The molecule has 0 spiro atoms. The van der Waals surface area contributed by atoms with Gasteiger partial charge < -0.3 is 9.84 Å². The number of thiophene rings is 1. The van der Waals surface area contributed by atoms with Crippen molar-refractivity contribution in [2.45, 2.75) is 19.1 Å². The van der Waals surface area contributed by atoms with Gasteiger partial charge in [-0.3, -0.25) is 9.59 Å². The van der Waals surface area contributed by atoms with Gasteiger partial charge >= 0.3 is 0 Å². The number of aromatic nitrogens is 1. The highest BCUT2D eigenvalue weighted by Gasteiger charge is 2.36. The van der Waals surface area contributed by atoms with Crippen LogP contribution in [0.2, 0.25) is 0 Å². The number of hydrogen-bond acceptors (Lipinski definition) is 9. The number of anilines is 2. The lowest BCUT2D eigenvalue weighted by molar-refractivity contribution is 0.0926. The molecular formula is C32H24N4O4S2. The maximum atomic E-state index is 12.9. The van der Waals surface area contributed by atoms with Crippen molar-refractivity contribution in [3.8, 4) is 17.0 Å². The number of benzene rings is 3. The third kappa shape index (κ3) is 4.40. The zero-order valence-electron chi connectivity index (χ0n) is 22.4.